The summed E-state index contributed by atoms with van der Waals surface area (Å²) < 4.78 is 0. The molecule has 0 bridgehead atoms. The monoisotopic (exact) mass is 221 g/mol. The van der Waals surface area contributed by atoms with Crippen LogP contribution < -0.4 is 0 Å². The Hall–Kier alpha value is -1.47. The van der Waals surface area contributed by atoms with Crippen molar-refractivity contribution in [3.63, 3.8) is 0 Å². The number of thioether (sulfide) groups is 1. The average Bonchev–Trinajstić information content (AvgIpc) is 2.85. The first-order valence-electron chi connectivity index (χ1n) is 5.42. The molecule has 0 amide bonds. The van der Waals surface area contributed by atoms with Crippen LogP contribution in [-0.4, -0.2) is 0 Å². The number of rotatable bonds is 0. The Morgan fingerprint density at radius 3 is 3.00 bits per heavy atom. The van der Waals surface area contributed by atoms with Gasteiger partial charge in [0.15, 0.2) is 0 Å². The van der Waals surface area contributed by atoms with Gasteiger partial charge in [0.1, 0.15) is 0 Å². The Bertz CT molecular complexity index is 610. The highest BCUT2D eigenvalue weighted by Gasteiger charge is 2.33. The zero-order valence-electron chi connectivity index (χ0n) is 8.60. The van der Waals surface area contributed by atoms with Gasteiger partial charge in [-0.3, -0.25) is 0 Å². The Kier molecular flexibility index (Phi) is 1.63. The van der Waals surface area contributed by atoms with E-state index in [2.05, 4.69) is 48.5 Å². The molecule has 4 rings (SSSR count). The molecule has 1 aliphatic heterocycles. The molecule has 0 saturated heterocycles. The smallest absolute Gasteiger partial charge is 0.0606 e. The molecule has 0 spiro atoms. The quantitative estimate of drug-likeness (QED) is 0.643. The van der Waals surface area contributed by atoms with Gasteiger partial charge < -0.3 is 0 Å². The number of benzene rings is 2. The molecule has 0 fully saturated rings. The lowest BCUT2D eigenvalue weighted by Gasteiger charge is -2.06. The molecule has 0 saturated carbocycles. The molecule has 2 aromatic rings. The molecule has 0 N–H and O–H groups in total. The van der Waals surface area contributed by atoms with Crippen molar-refractivity contribution in [2.45, 2.75) is 10.1 Å². The highest BCUT2D eigenvalue weighted by Crippen LogP contribution is 2.58. The maximum Gasteiger partial charge on any atom is 0.0606 e. The first-order chi connectivity index (χ1) is 7.93. The second kappa shape index (κ2) is 3.02. The Balaban J connectivity index is 1.96. The van der Waals surface area contributed by atoms with Crippen molar-refractivity contribution in [1.82, 2.24) is 0 Å². The second-order valence-electron chi connectivity index (χ2n) is 4.13. The zero-order valence-corrected chi connectivity index (χ0v) is 9.42. The van der Waals surface area contributed by atoms with Gasteiger partial charge in [-0.05, 0) is 40.5 Å². The fourth-order valence-corrected chi connectivity index (χ4v) is 3.87. The Labute approximate surface area is 99.0 Å². The summed E-state index contributed by atoms with van der Waals surface area (Å²) in [5.74, 6) is 0. The van der Waals surface area contributed by atoms with E-state index in [0.29, 0.717) is 5.25 Å². The zero-order chi connectivity index (χ0) is 10.5. The summed E-state index contributed by atoms with van der Waals surface area (Å²) in [6, 6.07) is 18.3. The van der Waals surface area contributed by atoms with Crippen LogP contribution in [-0.2, 0) is 0 Å². The summed E-state index contributed by atoms with van der Waals surface area (Å²) in [7, 11) is 0. The summed E-state index contributed by atoms with van der Waals surface area (Å²) in [4.78, 5) is 1.41. The topological polar surface area (TPSA) is 0 Å². The van der Waals surface area contributed by atoms with Crippen LogP contribution in [0.1, 0.15) is 21.9 Å². The van der Waals surface area contributed by atoms with Gasteiger partial charge in [-0.15, -0.1) is 11.8 Å². The highest BCUT2D eigenvalue weighted by molar-refractivity contribution is 8.00. The van der Waals surface area contributed by atoms with Crippen molar-refractivity contribution in [2.75, 3.05) is 0 Å². The predicted octanol–water partition coefficient (Wildman–Crippen LogP) is 4.19. The van der Waals surface area contributed by atoms with Crippen LogP contribution in [0.15, 0.2) is 47.4 Å². The van der Waals surface area contributed by atoms with Gasteiger partial charge in [0.05, 0.1) is 5.25 Å². The fraction of sp³-hybridized carbons (Fsp3) is 0.0667. The molecule has 2 aromatic carbocycles. The first-order valence-corrected chi connectivity index (χ1v) is 6.30. The Morgan fingerprint density at radius 1 is 1.06 bits per heavy atom. The van der Waals surface area contributed by atoms with Crippen LogP contribution in [0.4, 0.5) is 0 Å². The summed E-state index contributed by atoms with van der Waals surface area (Å²) in [6.07, 6.45) is 2.29. The van der Waals surface area contributed by atoms with E-state index in [4.69, 9.17) is 0 Å². The van der Waals surface area contributed by atoms with Crippen molar-refractivity contribution in [3.8, 4) is 0 Å². The molecular formula is C15H9S. The molecule has 2 aliphatic rings. The van der Waals surface area contributed by atoms with Gasteiger partial charge in [0.25, 0.3) is 0 Å². The van der Waals surface area contributed by atoms with Crippen LogP contribution in [0.3, 0.4) is 0 Å². The molecule has 16 heavy (non-hydrogen) atoms. The van der Waals surface area contributed by atoms with Gasteiger partial charge in [0.2, 0.25) is 0 Å². The van der Waals surface area contributed by atoms with Crippen molar-refractivity contribution >= 4 is 23.4 Å². The van der Waals surface area contributed by atoms with Crippen LogP contribution >= 0.6 is 11.8 Å². The van der Waals surface area contributed by atoms with Gasteiger partial charge in [-0.25, -0.2) is 0 Å². The molecular weight excluding hydrogens is 212 g/mol. The fourth-order valence-electron chi connectivity index (χ4n) is 2.50. The lowest BCUT2D eigenvalue weighted by molar-refractivity contribution is 1.30. The second-order valence-corrected chi connectivity index (χ2v) is 5.28. The van der Waals surface area contributed by atoms with Crippen LogP contribution in [0.5, 0.6) is 0 Å². The van der Waals surface area contributed by atoms with Crippen molar-refractivity contribution in [2.24, 2.45) is 0 Å². The van der Waals surface area contributed by atoms with E-state index in [-0.39, 0.29) is 0 Å². The van der Waals surface area contributed by atoms with E-state index in [9.17, 15) is 0 Å². The van der Waals surface area contributed by atoms with E-state index in [1.165, 1.54) is 27.2 Å². The minimum absolute atomic E-state index is 0.504. The third-order valence-electron chi connectivity index (χ3n) is 3.23. The predicted molar refractivity (Wildman–Crippen MR) is 68.2 cm³/mol. The number of fused-ring (bicyclic) bond motifs is 5. The molecule has 1 aliphatic carbocycles. The van der Waals surface area contributed by atoms with Crippen LogP contribution in [0.25, 0.3) is 11.6 Å². The summed E-state index contributed by atoms with van der Waals surface area (Å²) >= 11 is 1.96. The summed E-state index contributed by atoms with van der Waals surface area (Å²) in [6.45, 7) is 0. The van der Waals surface area contributed by atoms with Gasteiger partial charge in [0, 0.05) is 4.90 Å². The lowest BCUT2D eigenvalue weighted by Crippen LogP contribution is -1.86. The summed E-state index contributed by atoms with van der Waals surface area (Å²) in [5.41, 5.74) is 5.54. The van der Waals surface area contributed by atoms with Gasteiger partial charge >= 0.3 is 0 Å². The van der Waals surface area contributed by atoms with E-state index in [0.717, 1.165) is 0 Å². The molecule has 1 heteroatoms. The van der Waals surface area contributed by atoms with Gasteiger partial charge in [-0.2, -0.15) is 0 Å². The first kappa shape index (κ1) is 8.66. The third-order valence-corrected chi connectivity index (χ3v) is 4.58. The minimum Gasteiger partial charge on any atom is -0.112 e. The number of hydrogen-bond donors (Lipinski definition) is 0. The van der Waals surface area contributed by atoms with E-state index in [1.54, 1.807) is 0 Å². The van der Waals surface area contributed by atoms with E-state index < -0.39 is 0 Å². The third kappa shape index (κ3) is 1.01. The van der Waals surface area contributed by atoms with Crippen LogP contribution in [0, 0.1) is 6.07 Å². The molecule has 1 heterocycles. The maximum absolute atomic E-state index is 3.32. The maximum atomic E-state index is 3.32. The van der Waals surface area contributed by atoms with Crippen LogP contribution in [0.2, 0.25) is 0 Å². The molecule has 75 valence electrons. The van der Waals surface area contributed by atoms with E-state index >= 15 is 0 Å². The Morgan fingerprint density at radius 2 is 2.00 bits per heavy atom. The van der Waals surface area contributed by atoms with Gasteiger partial charge in [-0.1, -0.05) is 36.4 Å². The SMILES string of the molecule is [c]1cccc2c1C=C1c3ccccc3SC12. The lowest BCUT2D eigenvalue weighted by atomic mass is 10.0. The number of hydrogen-bond acceptors (Lipinski definition) is 1. The van der Waals surface area contributed by atoms with Crippen molar-refractivity contribution in [1.29, 1.82) is 0 Å². The van der Waals surface area contributed by atoms with Crippen molar-refractivity contribution < 1.29 is 0 Å². The standard InChI is InChI=1S/C15H9S/c1-2-6-11-10(5-1)9-13-12-7-3-4-8-14(12)16-15(11)13/h1-4,6-9,15H. The summed E-state index contributed by atoms with van der Waals surface area (Å²) in [5, 5.41) is 0.504. The van der Waals surface area contributed by atoms with E-state index in [1.807, 2.05) is 17.8 Å². The van der Waals surface area contributed by atoms with Crippen molar-refractivity contribution in [3.05, 3.63) is 65.2 Å². The largest absolute Gasteiger partial charge is 0.112 e. The molecule has 0 nitrogen and oxygen atoms in total. The normalized spacial score (nSPS) is 20.0. The highest BCUT2D eigenvalue weighted by atomic mass is 32.2. The average molecular weight is 221 g/mol. The molecule has 0 aromatic heterocycles. The minimum atomic E-state index is 0.504. The molecule has 1 unspecified atom stereocenters. The molecule has 1 radical (unpaired) electrons. The molecule has 1 atom stereocenters.